The Labute approximate surface area is 213 Å². The highest BCUT2D eigenvalue weighted by molar-refractivity contribution is 6.35. The van der Waals surface area contributed by atoms with Gasteiger partial charge in [0.1, 0.15) is 11.9 Å². The van der Waals surface area contributed by atoms with Crippen molar-refractivity contribution in [2.75, 3.05) is 43.9 Å². The smallest absolute Gasteiger partial charge is 0.166 e. The van der Waals surface area contributed by atoms with Crippen molar-refractivity contribution in [1.29, 1.82) is 5.41 Å². The molecule has 4 heterocycles. The van der Waals surface area contributed by atoms with E-state index in [4.69, 9.17) is 39.1 Å². The van der Waals surface area contributed by atoms with Crippen molar-refractivity contribution >= 4 is 40.4 Å². The number of nitrogens with one attached hydrogen (secondary N) is 1. The number of hydrogen-bond acceptors (Lipinski definition) is 7. The number of nitrogens with two attached hydrogens (primary N) is 1. The molecular formula is C25H25Cl2FN6O. The number of aromatic nitrogens is 2. The number of rotatable bonds is 6. The van der Waals surface area contributed by atoms with Gasteiger partial charge in [0.15, 0.2) is 11.6 Å². The predicted octanol–water partition coefficient (Wildman–Crippen LogP) is 4.81. The number of anilines is 2. The van der Waals surface area contributed by atoms with E-state index in [-0.39, 0.29) is 11.1 Å². The molecule has 0 amide bonds. The van der Waals surface area contributed by atoms with Crippen LogP contribution in [0.15, 0.2) is 42.9 Å². The molecule has 1 atom stereocenters. The van der Waals surface area contributed by atoms with E-state index in [1.54, 1.807) is 18.2 Å². The summed E-state index contributed by atoms with van der Waals surface area (Å²) in [6, 6.07) is 6.34. The molecule has 2 fully saturated rings. The van der Waals surface area contributed by atoms with Gasteiger partial charge < -0.3 is 20.3 Å². The third kappa shape index (κ3) is 4.42. The fourth-order valence-corrected chi connectivity index (χ4v) is 5.74. The van der Waals surface area contributed by atoms with Gasteiger partial charge in [-0.15, -0.1) is 0 Å². The van der Waals surface area contributed by atoms with E-state index < -0.39 is 11.9 Å². The summed E-state index contributed by atoms with van der Waals surface area (Å²) in [6.45, 7) is 5.48. The number of likely N-dealkylation sites (tertiary alicyclic amines) is 1. The lowest BCUT2D eigenvalue weighted by molar-refractivity contribution is -0.00314. The van der Waals surface area contributed by atoms with Crippen molar-refractivity contribution in [2.24, 2.45) is 5.41 Å². The topological polar surface area (TPSA) is 91.4 Å². The summed E-state index contributed by atoms with van der Waals surface area (Å²) in [5.41, 5.74) is 8.21. The number of hydrogen-bond donors (Lipinski definition) is 2. The minimum Gasteiger partial charge on any atom is -0.486 e. The number of halogens is 3. The molecule has 7 nitrogen and oxygen atoms in total. The second-order valence-corrected chi connectivity index (χ2v) is 10.3. The van der Waals surface area contributed by atoms with Crippen LogP contribution in [0, 0.1) is 16.6 Å². The molecule has 0 aliphatic carbocycles. The van der Waals surface area contributed by atoms with Gasteiger partial charge in [0.05, 0.1) is 15.8 Å². The number of pyridine rings is 2. The molecule has 0 saturated carbocycles. The molecule has 1 aromatic carbocycles. The van der Waals surface area contributed by atoms with Crippen molar-refractivity contribution in [2.45, 2.75) is 13.0 Å². The van der Waals surface area contributed by atoms with Crippen LogP contribution in [-0.4, -0.2) is 53.8 Å². The Hall–Kier alpha value is -2.94. The zero-order valence-corrected chi connectivity index (χ0v) is 20.9. The summed E-state index contributed by atoms with van der Waals surface area (Å²) in [6.07, 6.45) is 4.05. The maximum Gasteiger partial charge on any atom is 0.166 e. The Kier molecular flexibility index (Phi) is 6.07. The fraction of sp³-hybridized carbons (Fsp3) is 0.320. The third-order valence-corrected chi connectivity index (χ3v) is 7.18. The van der Waals surface area contributed by atoms with Crippen LogP contribution in [0.4, 0.5) is 15.9 Å². The highest BCUT2D eigenvalue weighted by Gasteiger charge is 2.51. The molecule has 2 aromatic heterocycles. The quantitative estimate of drug-likeness (QED) is 0.362. The number of benzene rings is 1. The summed E-state index contributed by atoms with van der Waals surface area (Å²) in [4.78, 5) is 12.5. The number of nitrogen functional groups attached to an aromatic ring is 1. The number of nitrogens with zero attached hydrogens (tertiary/aromatic N) is 4. The van der Waals surface area contributed by atoms with Crippen molar-refractivity contribution in [1.82, 2.24) is 14.9 Å². The van der Waals surface area contributed by atoms with E-state index in [2.05, 4.69) is 21.9 Å². The van der Waals surface area contributed by atoms with Gasteiger partial charge >= 0.3 is 0 Å². The van der Waals surface area contributed by atoms with Crippen molar-refractivity contribution in [3.63, 3.8) is 0 Å². The second kappa shape index (κ2) is 8.93. The summed E-state index contributed by atoms with van der Waals surface area (Å²) in [7, 11) is 2.09. The maximum atomic E-state index is 15.0. The molecule has 10 heteroatoms. The molecule has 2 aliphatic heterocycles. The summed E-state index contributed by atoms with van der Waals surface area (Å²) in [5.74, 6) is 0.347. The van der Waals surface area contributed by atoms with E-state index in [1.165, 1.54) is 24.7 Å². The lowest BCUT2D eigenvalue weighted by Gasteiger charge is -2.59. The standard InChI is InChI=1S/C25H25Cl2FN6O/c1-14(22-18(26)8-31-9-19(22)27)35-16-3-4-21(29)17(6-16)23(30)15-5-20(28)24(32-7-15)34-12-25(13-34)10-33(2)11-25/h3-9,14,30H,10-13,29H2,1-2H3/t14-/m1/s1. The first-order valence-corrected chi connectivity index (χ1v) is 11.9. The second-order valence-electron chi connectivity index (χ2n) is 9.46. The van der Waals surface area contributed by atoms with E-state index in [1.807, 2.05) is 11.8 Å². The van der Waals surface area contributed by atoms with Gasteiger partial charge in [0, 0.05) is 72.6 Å². The van der Waals surface area contributed by atoms with Gasteiger partial charge in [-0.3, -0.25) is 10.4 Å². The van der Waals surface area contributed by atoms with Gasteiger partial charge in [-0.05, 0) is 38.2 Å². The summed E-state index contributed by atoms with van der Waals surface area (Å²) >= 11 is 12.5. The molecule has 1 spiro atoms. The maximum absolute atomic E-state index is 15.0. The Morgan fingerprint density at radius 3 is 2.46 bits per heavy atom. The Bertz CT molecular complexity index is 1280. The molecule has 3 aromatic rings. The zero-order valence-electron chi connectivity index (χ0n) is 19.4. The molecule has 182 valence electrons. The van der Waals surface area contributed by atoms with Crippen LogP contribution in [0.2, 0.25) is 10.0 Å². The first-order chi connectivity index (χ1) is 16.7. The minimum absolute atomic E-state index is 0.0548. The molecule has 0 bridgehead atoms. The average Bonchev–Trinajstić information content (AvgIpc) is 2.76. The molecular weight excluding hydrogens is 490 g/mol. The van der Waals surface area contributed by atoms with Crippen LogP contribution in [0.3, 0.4) is 0 Å². The largest absolute Gasteiger partial charge is 0.486 e. The lowest BCUT2D eigenvalue weighted by atomic mass is 9.73. The third-order valence-electron chi connectivity index (χ3n) is 6.58. The SMILES string of the molecule is C[C@@H](Oc1ccc(N)c(C(=N)c2cnc(N3CC4(CN(C)C4)C3)c(F)c2)c1)c1c(Cl)cncc1Cl. The number of ether oxygens (including phenoxy) is 1. The summed E-state index contributed by atoms with van der Waals surface area (Å²) < 4.78 is 21.0. The molecule has 5 rings (SSSR count). The lowest BCUT2D eigenvalue weighted by Crippen LogP contribution is -2.71. The zero-order chi connectivity index (χ0) is 24.9. The van der Waals surface area contributed by atoms with Crippen LogP contribution in [0.25, 0.3) is 0 Å². The van der Waals surface area contributed by atoms with E-state index in [0.29, 0.717) is 44.0 Å². The Morgan fingerprint density at radius 1 is 1.14 bits per heavy atom. The molecule has 2 saturated heterocycles. The molecule has 2 aliphatic rings. The van der Waals surface area contributed by atoms with Crippen molar-refractivity contribution in [3.8, 4) is 5.75 Å². The van der Waals surface area contributed by atoms with Crippen LogP contribution < -0.4 is 15.4 Å². The van der Waals surface area contributed by atoms with Gasteiger partial charge in [-0.1, -0.05) is 23.2 Å². The molecule has 0 radical (unpaired) electrons. The van der Waals surface area contributed by atoms with Gasteiger partial charge in [0.25, 0.3) is 0 Å². The van der Waals surface area contributed by atoms with Gasteiger partial charge in [0.2, 0.25) is 0 Å². The average molecular weight is 515 g/mol. The van der Waals surface area contributed by atoms with Gasteiger partial charge in [-0.2, -0.15) is 0 Å². The Balaban J connectivity index is 1.33. The van der Waals surface area contributed by atoms with Crippen LogP contribution in [0.5, 0.6) is 5.75 Å². The van der Waals surface area contributed by atoms with Crippen LogP contribution in [0.1, 0.15) is 29.7 Å². The molecule has 0 unspecified atom stereocenters. The van der Waals surface area contributed by atoms with Crippen LogP contribution >= 0.6 is 23.2 Å². The molecule has 3 N–H and O–H groups in total. The highest BCUT2D eigenvalue weighted by Crippen LogP contribution is 2.41. The van der Waals surface area contributed by atoms with E-state index in [0.717, 1.165) is 26.2 Å². The fourth-order valence-electron chi connectivity index (χ4n) is 5.07. The monoisotopic (exact) mass is 514 g/mol. The van der Waals surface area contributed by atoms with Gasteiger partial charge in [-0.25, -0.2) is 9.37 Å². The normalized spacial score (nSPS) is 17.6. The first kappa shape index (κ1) is 23.8. The highest BCUT2D eigenvalue weighted by atomic mass is 35.5. The molecule has 35 heavy (non-hydrogen) atoms. The van der Waals surface area contributed by atoms with Crippen molar-refractivity contribution < 1.29 is 9.13 Å². The minimum atomic E-state index is -0.475. The Morgan fingerprint density at radius 2 is 1.83 bits per heavy atom. The predicted molar refractivity (Wildman–Crippen MR) is 136 cm³/mol. The summed E-state index contributed by atoms with van der Waals surface area (Å²) in [5, 5.41) is 9.46. The van der Waals surface area contributed by atoms with E-state index in [9.17, 15) is 4.39 Å². The van der Waals surface area contributed by atoms with Crippen molar-refractivity contribution in [3.05, 3.63) is 75.4 Å². The van der Waals surface area contributed by atoms with Crippen LogP contribution in [-0.2, 0) is 0 Å². The van der Waals surface area contributed by atoms with E-state index >= 15 is 0 Å². The first-order valence-electron chi connectivity index (χ1n) is 11.2.